The van der Waals surface area contributed by atoms with Crippen LogP contribution >= 0.6 is 55.7 Å². The molecule has 0 aromatic heterocycles. The third-order valence-electron chi connectivity index (χ3n) is 2.46. The maximum atomic E-state index is 6.00. The van der Waals surface area contributed by atoms with E-state index in [1.807, 2.05) is 36.4 Å². The zero-order chi connectivity index (χ0) is 14.0. The monoisotopic (exact) mass is 418 g/mol. The maximum Gasteiger partial charge on any atom is 0.107 e. The molecule has 2 aromatic rings. The van der Waals surface area contributed by atoms with Crippen LogP contribution in [0.15, 0.2) is 45.3 Å². The molecular weight excluding hydrogens is 411 g/mol. The van der Waals surface area contributed by atoms with Crippen LogP contribution in [0.1, 0.15) is 5.56 Å². The van der Waals surface area contributed by atoms with Gasteiger partial charge in [-0.15, -0.1) is 0 Å². The van der Waals surface area contributed by atoms with Crippen molar-refractivity contribution in [2.45, 2.75) is 0 Å². The molecule has 0 aliphatic heterocycles. The molecule has 0 atom stereocenters. The van der Waals surface area contributed by atoms with Crippen LogP contribution in [-0.4, -0.2) is 4.99 Å². The van der Waals surface area contributed by atoms with Gasteiger partial charge < -0.3 is 11.1 Å². The van der Waals surface area contributed by atoms with Gasteiger partial charge in [0.05, 0.1) is 5.69 Å². The van der Waals surface area contributed by atoms with Gasteiger partial charge in [0.1, 0.15) is 4.99 Å². The summed E-state index contributed by atoms with van der Waals surface area (Å²) in [4.78, 5) is 0.327. The van der Waals surface area contributed by atoms with Crippen molar-refractivity contribution in [3.8, 4) is 0 Å². The highest BCUT2D eigenvalue weighted by Crippen LogP contribution is 2.32. The van der Waals surface area contributed by atoms with Crippen LogP contribution in [0.2, 0.25) is 5.02 Å². The Bertz CT molecular complexity index is 647. The average Bonchev–Trinajstić information content (AvgIpc) is 2.33. The molecular formula is C13H9Br2ClN2S. The lowest BCUT2D eigenvalue weighted by atomic mass is 10.1. The lowest BCUT2D eigenvalue weighted by Gasteiger charge is -2.14. The molecule has 6 heteroatoms. The van der Waals surface area contributed by atoms with Gasteiger partial charge in [0, 0.05) is 25.2 Å². The van der Waals surface area contributed by atoms with E-state index in [4.69, 9.17) is 29.6 Å². The number of hydrogen-bond donors (Lipinski definition) is 2. The van der Waals surface area contributed by atoms with Crippen molar-refractivity contribution in [2.24, 2.45) is 5.73 Å². The molecule has 2 aromatic carbocycles. The van der Waals surface area contributed by atoms with E-state index < -0.39 is 0 Å². The van der Waals surface area contributed by atoms with E-state index in [1.54, 1.807) is 0 Å². The normalized spacial score (nSPS) is 10.3. The topological polar surface area (TPSA) is 38.0 Å². The molecule has 0 saturated carbocycles. The Kier molecular flexibility index (Phi) is 4.84. The predicted octanol–water partition coefficient (Wildman–Crippen LogP) is 5.24. The summed E-state index contributed by atoms with van der Waals surface area (Å²) in [6.07, 6.45) is 0. The number of rotatable bonds is 3. The fourth-order valence-electron chi connectivity index (χ4n) is 1.62. The van der Waals surface area contributed by atoms with E-state index in [0.717, 1.165) is 25.9 Å². The summed E-state index contributed by atoms with van der Waals surface area (Å²) in [5.74, 6) is 0. The minimum Gasteiger partial charge on any atom is -0.389 e. The fraction of sp³-hybridized carbons (Fsp3) is 0. The SMILES string of the molecule is NC(=S)c1c(Br)cccc1Nc1cc(Cl)ccc1Br. The highest BCUT2D eigenvalue weighted by molar-refractivity contribution is 9.11. The number of halogens is 3. The minimum atomic E-state index is 0.327. The molecule has 0 spiro atoms. The molecule has 0 amide bonds. The third kappa shape index (κ3) is 3.48. The van der Waals surface area contributed by atoms with Crippen molar-refractivity contribution in [1.29, 1.82) is 0 Å². The average molecular weight is 421 g/mol. The number of benzene rings is 2. The van der Waals surface area contributed by atoms with Crippen LogP contribution < -0.4 is 11.1 Å². The minimum absolute atomic E-state index is 0.327. The number of thiocarbonyl (C=S) groups is 1. The summed E-state index contributed by atoms with van der Waals surface area (Å²) in [5.41, 5.74) is 8.20. The molecule has 19 heavy (non-hydrogen) atoms. The molecule has 0 fully saturated rings. The van der Waals surface area contributed by atoms with Crippen molar-refractivity contribution < 1.29 is 0 Å². The van der Waals surface area contributed by atoms with Crippen LogP contribution in [0, 0.1) is 0 Å². The van der Waals surface area contributed by atoms with E-state index >= 15 is 0 Å². The number of nitrogens with two attached hydrogens (primary N) is 1. The molecule has 3 N–H and O–H groups in total. The van der Waals surface area contributed by atoms with Crippen molar-refractivity contribution in [3.63, 3.8) is 0 Å². The molecule has 0 heterocycles. The maximum absolute atomic E-state index is 6.00. The van der Waals surface area contributed by atoms with E-state index in [9.17, 15) is 0 Å². The standard InChI is InChI=1S/C13H9Br2ClN2S/c14-8-5-4-7(16)6-11(8)18-10-3-1-2-9(15)12(10)13(17)19/h1-6,18H,(H2,17,19). The quantitative estimate of drug-likeness (QED) is 0.667. The summed E-state index contributed by atoms with van der Waals surface area (Å²) in [7, 11) is 0. The Balaban J connectivity index is 2.46. The van der Waals surface area contributed by atoms with Gasteiger partial charge in [0.25, 0.3) is 0 Å². The second kappa shape index (κ2) is 6.22. The Morgan fingerprint density at radius 3 is 2.53 bits per heavy atom. The van der Waals surface area contributed by atoms with Crippen molar-refractivity contribution >= 4 is 72.0 Å². The summed E-state index contributed by atoms with van der Waals surface area (Å²) >= 11 is 18.0. The van der Waals surface area contributed by atoms with Crippen molar-refractivity contribution in [1.82, 2.24) is 0 Å². The molecule has 0 unspecified atom stereocenters. The molecule has 98 valence electrons. The molecule has 0 aliphatic carbocycles. The molecule has 0 radical (unpaired) electrons. The number of hydrogen-bond acceptors (Lipinski definition) is 2. The van der Waals surface area contributed by atoms with Crippen LogP contribution in [0.25, 0.3) is 0 Å². The Morgan fingerprint density at radius 2 is 1.84 bits per heavy atom. The van der Waals surface area contributed by atoms with Gasteiger partial charge in [-0.1, -0.05) is 29.9 Å². The van der Waals surface area contributed by atoms with Gasteiger partial charge in [-0.25, -0.2) is 0 Å². The van der Waals surface area contributed by atoms with Crippen LogP contribution in [0.4, 0.5) is 11.4 Å². The number of anilines is 2. The fourth-order valence-corrected chi connectivity index (χ4v) is 3.07. The van der Waals surface area contributed by atoms with Crippen molar-refractivity contribution in [2.75, 3.05) is 5.32 Å². The van der Waals surface area contributed by atoms with E-state index in [0.29, 0.717) is 10.0 Å². The molecule has 0 bridgehead atoms. The highest BCUT2D eigenvalue weighted by Gasteiger charge is 2.11. The Hall–Kier alpha value is -0.620. The summed E-state index contributed by atoms with van der Waals surface area (Å²) in [6, 6.07) is 11.2. The first-order chi connectivity index (χ1) is 8.99. The second-order valence-corrected chi connectivity index (χ2v) is 6.36. The summed E-state index contributed by atoms with van der Waals surface area (Å²) in [5, 5.41) is 3.93. The predicted molar refractivity (Wildman–Crippen MR) is 92.5 cm³/mol. The van der Waals surface area contributed by atoms with E-state index in [-0.39, 0.29) is 0 Å². The zero-order valence-corrected chi connectivity index (χ0v) is 14.3. The smallest absolute Gasteiger partial charge is 0.107 e. The molecule has 0 aliphatic rings. The van der Waals surface area contributed by atoms with E-state index in [2.05, 4.69) is 37.2 Å². The van der Waals surface area contributed by atoms with Crippen molar-refractivity contribution in [3.05, 3.63) is 55.9 Å². The largest absolute Gasteiger partial charge is 0.389 e. The Morgan fingerprint density at radius 1 is 1.11 bits per heavy atom. The van der Waals surface area contributed by atoms with Crippen LogP contribution in [-0.2, 0) is 0 Å². The summed E-state index contributed by atoms with van der Waals surface area (Å²) in [6.45, 7) is 0. The Labute approximate surface area is 138 Å². The molecule has 2 nitrogen and oxygen atoms in total. The number of nitrogens with one attached hydrogen (secondary N) is 1. The zero-order valence-electron chi connectivity index (χ0n) is 9.58. The van der Waals surface area contributed by atoms with Gasteiger partial charge in [-0.3, -0.25) is 0 Å². The van der Waals surface area contributed by atoms with Gasteiger partial charge in [0.2, 0.25) is 0 Å². The van der Waals surface area contributed by atoms with Crippen LogP contribution in [0.5, 0.6) is 0 Å². The molecule has 2 rings (SSSR count). The first-order valence-corrected chi connectivity index (χ1v) is 7.66. The second-order valence-electron chi connectivity index (χ2n) is 3.78. The van der Waals surface area contributed by atoms with Gasteiger partial charge in [-0.2, -0.15) is 0 Å². The highest BCUT2D eigenvalue weighted by atomic mass is 79.9. The van der Waals surface area contributed by atoms with Gasteiger partial charge >= 0.3 is 0 Å². The van der Waals surface area contributed by atoms with Gasteiger partial charge in [0.15, 0.2) is 0 Å². The van der Waals surface area contributed by atoms with E-state index in [1.165, 1.54) is 0 Å². The molecule has 0 saturated heterocycles. The van der Waals surface area contributed by atoms with Crippen LogP contribution in [0.3, 0.4) is 0 Å². The lowest BCUT2D eigenvalue weighted by Crippen LogP contribution is -2.12. The third-order valence-corrected chi connectivity index (χ3v) is 4.25. The summed E-state index contributed by atoms with van der Waals surface area (Å²) < 4.78 is 1.76. The first kappa shape index (κ1) is 14.8. The first-order valence-electron chi connectivity index (χ1n) is 5.29. The lowest BCUT2D eigenvalue weighted by molar-refractivity contribution is 1.48. The van der Waals surface area contributed by atoms with Gasteiger partial charge in [-0.05, 0) is 62.2 Å².